The van der Waals surface area contributed by atoms with E-state index in [1.165, 1.54) is 24.0 Å². The van der Waals surface area contributed by atoms with Gasteiger partial charge in [-0.05, 0) is 60.8 Å². The van der Waals surface area contributed by atoms with Gasteiger partial charge in [0.1, 0.15) is 0 Å². The Balaban J connectivity index is 1.49. The Morgan fingerprint density at radius 1 is 1.00 bits per heavy atom. The van der Waals surface area contributed by atoms with Gasteiger partial charge in [-0.25, -0.2) is 4.68 Å². The molecule has 0 aliphatic carbocycles. The second-order valence-corrected chi connectivity index (χ2v) is 6.03. The molecule has 1 aliphatic heterocycles. The first kappa shape index (κ1) is 14.2. The van der Waals surface area contributed by atoms with Crippen molar-refractivity contribution in [3.8, 4) is 5.69 Å². The van der Waals surface area contributed by atoms with Crippen LogP contribution in [0, 0.1) is 0 Å². The molecule has 0 radical (unpaired) electrons. The highest BCUT2D eigenvalue weighted by Gasteiger charge is 2.25. The SMILES string of the molecule is c1cnn(-c2ccc(CN3CCCC3c3ccncc3)cc2)c1. The van der Waals surface area contributed by atoms with Crippen LogP contribution < -0.4 is 0 Å². The number of likely N-dealkylation sites (tertiary alicyclic amines) is 1. The molecule has 1 aliphatic rings. The van der Waals surface area contributed by atoms with Crippen LogP contribution in [0.4, 0.5) is 0 Å². The first-order valence-electron chi connectivity index (χ1n) is 8.13. The molecule has 0 amide bonds. The molecule has 4 nitrogen and oxygen atoms in total. The van der Waals surface area contributed by atoms with Gasteiger partial charge in [-0.15, -0.1) is 0 Å². The average Bonchev–Trinajstić information content (AvgIpc) is 3.28. The van der Waals surface area contributed by atoms with Gasteiger partial charge in [0.15, 0.2) is 0 Å². The molecule has 0 bridgehead atoms. The largest absolute Gasteiger partial charge is 0.292 e. The molecule has 3 aromatic rings. The molecule has 1 saturated heterocycles. The number of nitrogens with zero attached hydrogens (tertiary/aromatic N) is 4. The van der Waals surface area contributed by atoms with Crippen LogP contribution in [0.2, 0.25) is 0 Å². The van der Waals surface area contributed by atoms with Crippen molar-refractivity contribution in [1.82, 2.24) is 19.7 Å². The van der Waals surface area contributed by atoms with Crippen LogP contribution in [-0.2, 0) is 6.54 Å². The van der Waals surface area contributed by atoms with Gasteiger partial charge in [-0.2, -0.15) is 5.10 Å². The molecular weight excluding hydrogens is 284 g/mol. The maximum absolute atomic E-state index is 4.27. The summed E-state index contributed by atoms with van der Waals surface area (Å²) in [5.41, 5.74) is 3.83. The fraction of sp³-hybridized carbons (Fsp3) is 0.263. The summed E-state index contributed by atoms with van der Waals surface area (Å²) in [5, 5.41) is 4.27. The van der Waals surface area contributed by atoms with Crippen LogP contribution in [0.1, 0.15) is 30.0 Å². The molecule has 2 aromatic heterocycles. The van der Waals surface area contributed by atoms with Crippen LogP contribution in [0.25, 0.3) is 5.69 Å². The van der Waals surface area contributed by atoms with Gasteiger partial charge in [0.2, 0.25) is 0 Å². The highest BCUT2D eigenvalue weighted by molar-refractivity contribution is 5.34. The number of rotatable bonds is 4. The number of hydrogen-bond acceptors (Lipinski definition) is 3. The summed E-state index contributed by atoms with van der Waals surface area (Å²) in [6.07, 6.45) is 10.1. The topological polar surface area (TPSA) is 34.0 Å². The Labute approximate surface area is 136 Å². The molecule has 4 rings (SSSR count). The minimum Gasteiger partial charge on any atom is -0.292 e. The van der Waals surface area contributed by atoms with E-state index in [1.807, 2.05) is 29.3 Å². The summed E-state index contributed by atoms with van der Waals surface area (Å²) >= 11 is 0. The van der Waals surface area contributed by atoms with Crippen molar-refractivity contribution in [1.29, 1.82) is 0 Å². The zero-order valence-corrected chi connectivity index (χ0v) is 13.0. The molecule has 1 unspecified atom stereocenters. The third kappa shape index (κ3) is 3.03. The molecule has 1 fully saturated rings. The van der Waals surface area contributed by atoms with Crippen molar-refractivity contribution < 1.29 is 0 Å². The molecule has 0 saturated carbocycles. The summed E-state index contributed by atoms with van der Waals surface area (Å²) in [7, 11) is 0. The van der Waals surface area contributed by atoms with E-state index in [0.717, 1.165) is 18.8 Å². The highest BCUT2D eigenvalue weighted by Crippen LogP contribution is 2.32. The van der Waals surface area contributed by atoms with Crippen LogP contribution >= 0.6 is 0 Å². The first-order chi connectivity index (χ1) is 11.4. The predicted molar refractivity (Wildman–Crippen MR) is 90.2 cm³/mol. The Morgan fingerprint density at radius 2 is 1.83 bits per heavy atom. The van der Waals surface area contributed by atoms with Crippen molar-refractivity contribution in [2.75, 3.05) is 6.54 Å². The van der Waals surface area contributed by atoms with Crippen molar-refractivity contribution in [3.63, 3.8) is 0 Å². The fourth-order valence-electron chi connectivity index (χ4n) is 3.39. The Kier molecular flexibility index (Phi) is 3.90. The second-order valence-electron chi connectivity index (χ2n) is 6.03. The number of aromatic nitrogens is 3. The number of hydrogen-bond donors (Lipinski definition) is 0. The van der Waals surface area contributed by atoms with Crippen molar-refractivity contribution in [2.45, 2.75) is 25.4 Å². The molecule has 1 atom stereocenters. The normalized spacial score (nSPS) is 18.3. The molecule has 0 N–H and O–H groups in total. The van der Waals surface area contributed by atoms with Gasteiger partial charge < -0.3 is 0 Å². The van der Waals surface area contributed by atoms with Crippen molar-refractivity contribution >= 4 is 0 Å². The quantitative estimate of drug-likeness (QED) is 0.738. The van der Waals surface area contributed by atoms with Gasteiger partial charge in [0.25, 0.3) is 0 Å². The lowest BCUT2D eigenvalue weighted by molar-refractivity contribution is 0.248. The Morgan fingerprint density at radius 3 is 2.57 bits per heavy atom. The lowest BCUT2D eigenvalue weighted by Crippen LogP contribution is -2.22. The molecule has 23 heavy (non-hydrogen) atoms. The zero-order chi connectivity index (χ0) is 15.5. The minimum atomic E-state index is 0.517. The number of pyridine rings is 1. The summed E-state index contributed by atoms with van der Waals surface area (Å²) in [5.74, 6) is 0. The first-order valence-corrected chi connectivity index (χ1v) is 8.13. The molecule has 3 heterocycles. The Hall–Kier alpha value is -2.46. The van der Waals surface area contributed by atoms with E-state index in [9.17, 15) is 0 Å². The summed E-state index contributed by atoms with van der Waals surface area (Å²) in [4.78, 5) is 6.70. The summed E-state index contributed by atoms with van der Waals surface area (Å²) in [6.45, 7) is 2.15. The van der Waals surface area contributed by atoms with Crippen LogP contribution in [0.15, 0.2) is 67.3 Å². The predicted octanol–water partition coefficient (Wildman–Crippen LogP) is 3.60. The second kappa shape index (κ2) is 6.34. The van der Waals surface area contributed by atoms with Gasteiger partial charge >= 0.3 is 0 Å². The van der Waals surface area contributed by atoms with Crippen molar-refractivity contribution in [3.05, 3.63) is 78.4 Å². The maximum atomic E-state index is 4.27. The molecule has 1 aromatic carbocycles. The van der Waals surface area contributed by atoms with Crippen molar-refractivity contribution in [2.24, 2.45) is 0 Å². The van der Waals surface area contributed by atoms with Gasteiger partial charge in [-0.3, -0.25) is 9.88 Å². The highest BCUT2D eigenvalue weighted by atomic mass is 15.3. The van der Waals surface area contributed by atoms with E-state index in [-0.39, 0.29) is 0 Å². The van der Waals surface area contributed by atoms with E-state index >= 15 is 0 Å². The fourth-order valence-corrected chi connectivity index (χ4v) is 3.39. The monoisotopic (exact) mass is 304 g/mol. The minimum absolute atomic E-state index is 0.517. The Bertz CT molecular complexity index is 735. The molecule has 116 valence electrons. The lowest BCUT2D eigenvalue weighted by atomic mass is 10.1. The van der Waals surface area contributed by atoms with E-state index in [4.69, 9.17) is 0 Å². The van der Waals surface area contributed by atoms with Crippen LogP contribution in [0.5, 0.6) is 0 Å². The third-order valence-corrected chi connectivity index (χ3v) is 4.55. The maximum Gasteiger partial charge on any atom is 0.0645 e. The van der Waals surface area contributed by atoms with Crippen LogP contribution in [-0.4, -0.2) is 26.2 Å². The summed E-state index contributed by atoms with van der Waals surface area (Å²) in [6, 6.07) is 15.4. The van der Waals surface area contributed by atoms with Gasteiger partial charge in [-0.1, -0.05) is 12.1 Å². The zero-order valence-electron chi connectivity index (χ0n) is 13.0. The molecular formula is C19H20N4. The van der Waals surface area contributed by atoms with Crippen LogP contribution in [0.3, 0.4) is 0 Å². The molecule has 4 heteroatoms. The van der Waals surface area contributed by atoms with E-state index in [2.05, 4.69) is 51.4 Å². The van der Waals surface area contributed by atoms with E-state index in [1.54, 1.807) is 6.20 Å². The lowest BCUT2D eigenvalue weighted by Gasteiger charge is -2.24. The number of benzene rings is 1. The standard InChI is InChI=1S/C19H20N4/c1-3-19(17-8-11-20-12-9-17)22(13-1)15-16-4-6-18(7-5-16)23-14-2-10-21-23/h2,4-12,14,19H,1,3,13,15H2. The molecule has 0 spiro atoms. The third-order valence-electron chi connectivity index (χ3n) is 4.55. The van der Waals surface area contributed by atoms with Gasteiger partial charge in [0, 0.05) is 37.4 Å². The van der Waals surface area contributed by atoms with Gasteiger partial charge in [0.05, 0.1) is 5.69 Å². The smallest absolute Gasteiger partial charge is 0.0645 e. The average molecular weight is 304 g/mol. The summed E-state index contributed by atoms with van der Waals surface area (Å²) < 4.78 is 1.89. The van der Waals surface area contributed by atoms with E-state index in [0.29, 0.717) is 6.04 Å². The van der Waals surface area contributed by atoms with E-state index < -0.39 is 0 Å².